The average molecular weight is 357 g/mol. The molecule has 2 aromatic carbocycles. The number of hydrogen-bond donors (Lipinski definition) is 1. The van der Waals surface area contributed by atoms with Crippen LogP contribution in [0.15, 0.2) is 42.5 Å². The van der Waals surface area contributed by atoms with Gasteiger partial charge < -0.3 is 10.1 Å². The summed E-state index contributed by atoms with van der Waals surface area (Å²) in [6.45, 7) is 3.19. The summed E-state index contributed by atoms with van der Waals surface area (Å²) in [6.07, 6.45) is 0. The van der Waals surface area contributed by atoms with Crippen molar-refractivity contribution in [2.75, 3.05) is 11.9 Å². The number of amides is 1. The van der Waals surface area contributed by atoms with Gasteiger partial charge in [0.1, 0.15) is 10.7 Å². The molecule has 0 spiro atoms. The van der Waals surface area contributed by atoms with Crippen LogP contribution in [0.25, 0.3) is 10.1 Å². The number of nitrogens with one attached hydrogen (secondary N) is 1. The molecule has 0 saturated heterocycles. The molecule has 6 heteroatoms. The standard InChI is InChI=1S/C19H16FNO3S/c1-11-5-3-6-13(9-11)21-16(22)10-24-19(23)18-12(2)17-14(20)7-4-8-15(17)25-18/h3-9H,10H2,1-2H3,(H,21,22). The van der Waals surface area contributed by atoms with Crippen molar-refractivity contribution in [3.63, 3.8) is 0 Å². The minimum absolute atomic E-state index is 0.309. The van der Waals surface area contributed by atoms with Gasteiger partial charge in [0.2, 0.25) is 0 Å². The zero-order valence-electron chi connectivity index (χ0n) is 13.8. The maximum absolute atomic E-state index is 13.9. The lowest BCUT2D eigenvalue weighted by molar-refractivity contribution is -0.119. The smallest absolute Gasteiger partial charge is 0.349 e. The second-order valence-corrected chi connectivity index (χ2v) is 6.72. The fraction of sp³-hybridized carbons (Fsp3) is 0.158. The molecule has 0 atom stereocenters. The third kappa shape index (κ3) is 3.69. The highest BCUT2D eigenvalue weighted by Crippen LogP contribution is 2.32. The van der Waals surface area contributed by atoms with Gasteiger partial charge >= 0.3 is 5.97 Å². The molecule has 1 amide bonds. The van der Waals surface area contributed by atoms with E-state index in [1.165, 1.54) is 6.07 Å². The predicted octanol–water partition coefficient (Wildman–Crippen LogP) is 4.45. The van der Waals surface area contributed by atoms with Crippen molar-refractivity contribution in [3.8, 4) is 0 Å². The van der Waals surface area contributed by atoms with Crippen LogP contribution in [0.1, 0.15) is 20.8 Å². The van der Waals surface area contributed by atoms with Crippen molar-refractivity contribution in [2.45, 2.75) is 13.8 Å². The van der Waals surface area contributed by atoms with Gasteiger partial charge in [0.25, 0.3) is 5.91 Å². The van der Waals surface area contributed by atoms with E-state index in [-0.39, 0.29) is 5.82 Å². The van der Waals surface area contributed by atoms with Crippen LogP contribution in [0.3, 0.4) is 0 Å². The molecular weight excluding hydrogens is 341 g/mol. The number of fused-ring (bicyclic) bond motifs is 1. The highest BCUT2D eigenvalue weighted by atomic mass is 32.1. The molecule has 0 aliphatic heterocycles. The molecule has 1 N–H and O–H groups in total. The molecule has 0 aliphatic carbocycles. The second kappa shape index (κ2) is 7.03. The minimum Gasteiger partial charge on any atom is -0.451 e. The van der Waals surface area contributed by atoms with Gasteiger partial charge in [-0.2, -0.15) is 0 Å². The van der Waals surface area contributed by atoms with E-state index in [1.54, 1.807) is 25.1 Å². The molecule has 0 bridgehead atoms. The molecule has 3 rings (SSSR count). The number of hydrogen-bond acceptors (Lipinski definition) is 4. The van der Waals surface area contributed by atoms with E-state index in [1.807, 2.05) is 25.1 Å². The number of thiophene rings is 1. The number of benzene rings is 2. The summed E-state index contributed by atoms with van der Waals surface area (Å²) in [4.78, 5) is 24.5. The Morgan fingerprint density at radius 1 is 1.16 bits per heavy atom. The van der Waals surface area contributed by atoms with Gasteiger partial charge in [-0.3, -0.25) is 4.79 Å². The zero-order chi connectivity index (χ0) is 18.0. The molecule has 1 aromatic heterocycles. The molecule has 0 fully saturated rings. The number of anilines is 1. The summed E-state index contributed by atoms with van der Waals surface area (Å²) in [5.74, 6) is -1.43. The van der Waals surface area contributed by atoms with Gasteiger partial charge in [-0.15, -0.1) is 11.3 Å². The lowest BCUT2D eigenvalue weighted by Crippen LogP contribution is -2.20. The molecule has 25 heavy (non-hydrogen) atoms. The van der Waals surface area contributed by atoms with Gasteiger partial charge in [0.15, 0.2) is 6.61 Å². The predicted molar refractivity (Wildman–Crippen MR) is 96.6 cm³/mol. The number of aryl methyl sites for hydroxylation is 2. The molecule has 1 heterocycles. The van der Waals surface area contributed by atoms with Gasteiger partial charge in [-0.1, -0.05) is 18.2 Å². The van der Waals surface area contributed by atoms with Gasteiger partial charge in [-0.25, -0.2) is 9.18 Å². The zero-order valence-corrected chi connectivity index (χ0v) is 14.6. The highest BCUT2D eigenvalue weighted by molar-refractivity contribution is 7.21. The maximum Gasteiger partial charge on any atom is 0.349 e. The first-order chi connectivity index (χ1) is 12.0. The lowest BCUT2D eigenvalue weighted by atomic mass is 10.1. The molecule has 0 aliphatic rings. The first-order valence-corrected chi connectivity index (χ1v) is 8.48. The van der Waals surface area contributed by atoms with Crippen molar-refractivity contribution in [1.29, 1.82) is 0 Å². The Balaban J connectivity index is 1.68. The van der Waals surface area contributed by atoms with Crippen LogP contribution in [-0.4, -0.2) is 18.5 Å². The van der Waals surface area contributed by atoms with E-state index in [0.717, 1.165) is 16.9 Å². The summed E-state index contributed by atoms with van der Waals surface area (Å²) in [6, 6.07) is 12.0. The number of halogens is 1. The minimum atomic E-state index is -0.627. The number of rotatable bonds is 4. The van der Waals surface area contributed by atoms with Gasteiger partial charge in [0, 0.05) is 15.8 Å². The van der Waals surface area contributed by atoms with Crippen LogP contribution in [0.2, 0.25) is 0 Å². The van der Waals surface area contributed by atoms with Crippen molar-refractivity contribution in [2.24, 2.45) is 0 Å². The Kier molecular flexibility index (Phi) is 4.81. The summed E-state index contributed by atoms with van der Waals surface area (Å²) in [5, 5.41) is 3.09. The summed E-state index contributed by atoms with van der Waals surface area (Å²) >= 11 is 1.16. The Bertz CT molecular complexity index is 964. The first-order valence-electron chi connectivity index (χ1n) is 7.67. The van der Waals surface area contributed by atoms with E-state index in [4.69, 9.17) is 4.74 Å². The summed E-state index contributed by atoms with van der Waals surface area (Å²) in [5.41, 5.74) is 2.18. The quantitative estimate of drug-likeness (QED) is 0.702. The summed E-state index contributed by atoms with van der Waals surface area (Å²) in [7, 11) is 0. The molecule has 128 valence electrons. The summed E-state index contributed by atoms with van der Waals surface area (Å²) < 4.78 is 19.7. The largest absolute Gasteiger partial charge is 0.451 e. The van der Waals surface area contributed by atoms with E-state index in [2.05, 4.69) is 5.32 Å². The van der Waals surface area contributed by atoms with Gasteiger partial charge in [0.05, 0.1) is 0 Å². The third-order valence-corrected chi connectivity index (χ3v) is 4.96. The van der Waals surface area contributed by atoms with Crippen LogP contribution in [0.5, 0.6) is 0 Å². The molecule has 0 saturated carbocycles. The topological polar surface area (TPSA) is 55.4 Å². The van der Waals surface area contributed by atoms with Crippen molar-refractivity contribution >= 4 is 39.0 Å². The number of carbonyl (C=O) groups is 2. The van der Waals surface area contributed by atoms with E-state index in [9.17, 15) is 14.0 Å². The Morgan fingerprint density at radius 3 is 2.64 bits per heavy atom. The van der Waals surface area contributed by atoms with Crippen LogP contribution in [0, 0.1) is 19.7 Å². The number of esters is 1. The second-order valence-electron chi connectivity index (χ2n) is 5.66. The number of carbonyl (C=O) groups excluding carboxylic acids is 2. The fourth-order valence-corrected chi connectivity index (χ4v) is 3.68. The average Bonchev–Trinajstić information content (AvgIpc) is 2.91. The van der Waals surface area contributed by atoms with E-state index in [0.29, 0.717) is 26.2 Å². The fourth-order valence-electron chi connectivity index (χ4n) is 2.56. The van der Waals surface area contributed by atoms with Crippen molar-refractivity contribution in [3.05, 3.63) is 64.3 Å². The SMILES string of the molecule is Cc1cccc(NC(=O)COC(=O)c2sc3cccc(F)c3c2C)c1. The highest BCUT2D eigenvalue weighted by Gasteiger charge is 2.19. The van der Waals surface area contributed by atoms with Gasteiger partial charge in [-0.05, 0) is 49.2 Å². The molecule has 0 unspecified atom stereocenters. The van der Waals surface area contributed by atoms with Crippen LogP contribution in [0.4, 0.5) is 10.1 Å². The monoisotopic (exact) mass is 357 g/mol. The Hall–Kier alpha value is -2.73. The number of ether oxygens (including phenoxy) is 1. The molecule has 0 radical (unpaired) electrons. The first kappa shape index (κ1) is 17.1. The van der Waals surface area contributed by atoms with E-state index >= 15 is 0 Å². The Labute approximate surface area is 148 Å². The molecule has 3 aromatic rings. The normalized spacial score (nSPS) is 10.7. The van der Waals surface area contributed by atoms with Crippen LogP contribution >= 0.6 is 11.3 Å². The van der Waals surface area contributed by atoms with Crippen molar-refractivity contribution < 1.29 is 18.7 Å². The van der Waals surface area contributed by atoms with Crippen LogP contribution in [-0.2, 0) is 9.53 Å². The molecular formula is C19H16FNO3S. The Morgan fingerprint density at radius 2 is 1.92 bits per heavy atom. The maximum atomic E-state index is 13.9. The van der Waals surface area contributed by atoms with Crippen LogP contribution < -0.4 is 5.32 Å². The lowest BCUT2D eigenvalue weighted by Gasteiger charge is -2.07. The third-order valence-electron chi connectivity index (χ3n) is 3.72. The van der Waals surface area contributed by atoms with E-state index < -0.39 is 18.5 Å². The molecule has 4 nitrogen and oxygen atoms in total. The van der Waals surface area contributed by atoms with Crippen molar-refractivity contribution in [1.82, 2.24) is 0 Å².